The summed E-state index contributed by atoms with van der Waals surface area (Å²) in [5, 5.41) is 7.34. The lowest BCUT2D eigenvalue weighted by Gasteiger charge is -2.12. The largest absolute Gasteiger partial charge is 0.490 e. The first-order valence-corrected chi connectivity index (χ1v) is 8.64. The second-order valence-electron chi connectivity index (χ2n) is 4.01. The number of ether oxygens (including phenoxy) is 1. The van der Waals surface area contributed by atoms with Crippen molar-refractivity contribution in [3.63, 3.8) is 0 Å². The number of H-pyrrole nitrogens is 1. The van der Waals surface area contributed by atoms with Crippen LogP contribution in [0.2, 0.25) is 10.0 Å². The van der Waals surface area contributed by atoms with Crippen molar-refractivity contribution in [2.75, 3.05) is 12.4 Å². The van der Waals surface area contributed by atoms with E-state index in [1.165, 1.54) is 0 Å². The Balaban J connectivity index is 1.72. The van der Waals surface area contributed by atoms with Gasteiger partial charge in [-0.15, -0.1) is 16.7 Å². The standard InChI is InChI=1S/C12H11Cl3N2O2S2/c13-7-1-2-10(9(15)3-7)18-4-8(14)5-21-6-11-16-17-12(20)19-11/h1-3,8H,4-6H2,(H,17,20). The summed E-state index contributed by atoms with van der Waals surface area (Å²) in [7, 11) is 0. The number of aromatic nitrogens is 2. The van der Waals surface area contributed by atoms with Crippen molar-refractivity contribution in [2.24, 2.45) is 0 Å². The number of alkyl halides is 1. The lowest BCUT2D eigenvalue weighted by Crippen LogP contribution is -2.14. The van der Waals surface area contributed by atoms with Gasteiger partial charge in [0.15, 0.2) is 0 Å². The first-order chi connectivity index (χ1) is 10.0. The van der Waals surface area contributed by atoms with Gasteiger partial charge in [0.2, 0.25) is 5.89 Å². The third-order valence-corrected chi connectivity index (χ3v) is 4.58. The maximum atomic E-state index is 6.19. The summed E-state index contributed by atoms with van der Waals surface area (Å²) < 4.78 is 10.7. The van der Waals surface area contributed by atoms with Crippen LogP contribution in [-0.2, 0) is 5.75 Å². The minimum Gasteiger partial charge on any atom is -0.490 e. The van der Waals surface area contributed by atoms with Crippen molar-refractivity contribution >= 4 is 58.8 Å². The Kier molecular flexibility index (Phi) is 6.70. The summed E-state index contributed by atoms with van der Waals surface area (Å²) in [5.41, 5.74) is 0. The van der Waals surface area contributed by atoms with Crippen molar-refractivity contribution in [1.29, 1.82) is 0 Å². The maximum Gasteiger partial charge on any atom is 0.284 e. The minimum absolute atomic E-state index is 0.163. The van der Waals surface area contributed by atoms with Gasteiger partial charge in [0, 0.05) is 10.8 Å². The van der Waals surface area contributed by atoms with Crippen molar-refractivity contribution in [3.8, 4) is 5.75 Å². The quantitative estimate of drug-likeness (QED) is 0.539. The van der Waals surface area contributed by atoms with Crippen molar-refractivity contribution < 1.29 is 9.15 Å². The van der Waals surface area contributed by atoms with Gasteiger partial charge in [0.05, 0.1) is 16.2 Å². The molecule has 0 saturated carbocycles. The number of rotatable bonds is 7. The molecule has 21 heavy (non-hydrogen) atoms. The van der Waals surface area contributed by atoms with Gasteiger partial charge in [-0.25, -0.2) is 5.10 Å². The fraction of sp³-hybridized carbons (Fsp3) is 0.333. The van der Waals surface area contributed by atoms with Gasteiger partial charge in [-0.05, 0) is 30.4 Å². The number of hydrogen-bond acceptors (Lipinski definition) is 5. The molecule has 0 aliphatic heterocycles. The van der Waals surface area contributed by atoms with Gasteiger partial charge in [0.1, 0.15) is 12.4 Å². The SMILES string of the molecule is S=c1[nH]nc(CSCC(Cl)COc2ccc(Cl)cc2Cl)o1. The Morgan fingerprint density at radius 3 is 2.90 bits per heavy atom. The maximum absolute atomic E-state index is 6.19. The van der Waals surface area contributed by atoms with Crippen LogP contribution >= 0.6 is 58.8 Å². The van der Waals surface area contributed by atoms with E-state index in [1.54, 1.807) is 30.0 Å². The first kappa shape index (κ1) is 17.0. The molecule has 2 rings (SSSR count). The predicted octanol–water partition coefficient (Wildman–Crippen LogP) is 4.96. The van der Waals surface area contributed by atoms with Crippen molar-refractivity contribution in [2.45, 2.75) is 11.1 Å². The van der Waals surface area contributed by atoms with Crippen LogP contribution < -0.4 is 4.74 Å². The van der Waals surface area contributed by atoms with Crippen LogP contribution in [0.4, 0.5) is 0 Å². The fourth-order valence-corrected chi connectivity index (χ4v) is 3.12. The summed E-state index contributed by atoms with van der Waals surface area (Å²) >= 11 is 24.4. The number of thioether (sulfide) groups is 1. The topological polar surface area (TPSA) is 51.0 Å². The summed E-state index contributed by atoms with van der Waals surface area (Å²) in [6.07, 6.45) is 0. The molecule has 0 spiro atoms. The normalized spacial score (nSPS) is 12.3. The molecule has 1 aromatic heterocycles. The molecule has 0 amide bonds. The first-order valence-electron chi connectivity index (χ1n) is 5.88. The van der Waals surface area contributed by atoms with E-state index in [1.807, 2.05) is 0 Å². The zero-order valence-electron chi connectivity index (χ0n) is 10.6. The molecule has 9 heteroatoms. The molecular weight excluding hydrogens is 375 g/mol. The van der Waals surface area contributed by atoms with Crippen LogP contribution in [0.3, 0.4) is 0 Å². The van der Waals surface area contributed by atoms with E-state index in [4.69, 9.17) is 56.2 Å². The molecule has 1 unspecified atom stereocenters. The summed E-state index contributed by atoms with van der Waals surface area (Å²) in [6.45, 7) is 0.347. The van der Waals surface area contributed by atoms with Gasteiger partial charge in [-0.2, -0.15) is 11.8 Å². The number of aromatic amines is 1. The smallest absolute Gasteiger partial charge is 0.284 e. The third kappa shape index (κ3) is 5.71. The average molecular weight is 386 g/mol. The molecule has 1 N–H and O–H groups in total. The monoisotopic (exact) mass is 384 g/mol. The lowest BCUT2D eigenvalue weighted by atomic mass is 10.3. The fourth-order valence-electron chi connectivity index (χ4n) is 1.42. The minimum atomic E-state index is -0.163. The van der Waals surface area contributed by atoms with E-state index in [0.717, 1.165) is 0 Å². The molecule has 1 heterocycles. The molecule has 0 fully saturated rings. The molecule has 2 aromatic rings. The highest BCUT2D eigenvalue weighted by Gasteiger charge is 2.09. The Bertz CT molecular complexity index is 647. The Morgan fingerprint density at radius 1 is 1.43 bits per heavy atom. The number of halogens is 3. The van der Waals surface area contributed by atoms with Gasteiger partial charge in [-0.3, -0.25) is 0 Å². The Morgan fingerprint density at radius 2 is 2.24 bits per heavy atom. The van der Waals surface area contributed by atoms with Crippen LogP contribution in [-0.4, -0.2) is 27.9 Å². The van der Waals surface area contributed by atoms with Crippen LogP contribution in [0.5, 0.6) is 5.75 Å². The summed E-state index contributed by atoms with van der Waals surface area (Å²) in [6, 6.07) is 5.06. The van der Waals surface area contributed by atoms with Crippen LogP contribution in [0.25, 0.3) is 0 Å². The summed E-state index contributed by atoms with van der Waals surface area (Å²) in [5.74, 6) is 2.39. The van der Waals surface area contributed by atoms with Crippen LogP contribution in [0.1, 0.15) is 5.89 Å². The highest BCUT2D eigenvalue weighted by Crippen LogP contribution is 2.28. The molecule has 1 atom stereocenters. The van der Waals surface area contributed by atoms with E-state index in [0.29, 0.717) is 39.8 Å². The number of nitrogens with zero attached hydrogens (tertiary/aromatic N) is 1. The van der Waals surface area contributed by atoms with Crippen LogP contribution in [0.15, 0.2) is 22.6 Å². The lowest BCUT2D eigenvalue weighted by molar-refractivity contribution is 0.321. The van der Waals surface area contributed by atoms with E-state index in [2.05, 4.69) is 10.2 Å². The average Bonchev–Trinajstić information content (AvgIpc) is 2.83. The summed E-state index contributed by atoms with van der Waals surface area (Å²) in [4.78, 5) is 0.272. The van der Waals surface area contributed by atoms with Gasteiger partial charge in [0.25, 0.3) is 4.84 Å². The Labute approximate surface area is 146 Å². The zero-order valence-corrected chi connectivity index (χ0v) is 14.5. The van der Waals surface area contributed by atoms with Crippen molar-refractivity contribution in [1.82, 2.24) is 10.2 Å². The number of hydrogen-bond donors (Lipinski definition) is 1. The third-order valence-electron chi connectivity index (χ3n) is 2.32. The zero-order chi connectivity index (χ0) is 15.2. The van der Waals surface area contributed by atoms with E-state index >= 15 is 0 Å². The van der Waals surface area contributed by atoms with Crippen LogP contribution in [0, 0.1) is 4.84 Å². The number of nitrogens with one attached hydrogen (secondary N) is 1. The highest BCUT2D eigenvalue weighted by atomic mass is 35.5. The molecule has 1 aromatic carbocycles. The second-order valence-corrected chi connectivity index (χ2v) is 6.87. The van der Waals surface area contributed by atoms with Gasteiger partial charge >= 0.3 is 0 Å². The number of benzene rings is 1. The molecule has 0 bridgehead atoms. The van der Waals surface area contributed by atoms with Crippen molar-refractivity contribution in [3.05, 3.63) is 39.0 Å². The second kappa shape index (κ2) is 8.29. The molecule has 0 saturated heterocycles. The highest BCUT2D eigenvalue weighted by molar-refractivity contribution is 7.98. The van der Waals surface area contributed by atoms with E-state index in [9.17, 15) is 0 Å². The molecule has 0 radical (unpaired) electrons. The van der Waals surface area contributed by atoms with Gasteiger partial charge < -0.3 is 9.15 Å². The molecule has 0 aliphatic rings. The molecule has 4 nitrogen and oxygen atoms in total. The van der Waals surface area contributed by atoms with E-state index < -0.39 is 0 Å². The predicted molar refractivity (Wildman–Crippen MR) is 89.4 cm³/mol. The Hall–Kier alpha value is -0.400. The molecule has 0 aliphatic carbocycles. The van der Waals surface area contributed by atoms with E-state index in [-0.39, 0.29) is 10.2 Å². The van der Waals surface area contributed by atoms with Gasteiger partial charge in [-0.1, -0.05) is 23.2 Å². The molecular formula is C12H11Cl3N2O2S2. The molecule has 114 valence electrons.